The predicted octanol–water partition coefficient (Wildman–Crippen LogP) is 5.72. The van der Waals surface area contributed by atoms with Gasteiger partial charge in [0.25, 0.3) is 0 Å². The summed E-state index contributed by atoms with van der Waals surface area (Å²) in [6, 6.07) is 22.1. The molecule has 5 nitrogen and oxygen atoms in total. The maximum Gasteiger partial charge on any atom is 0.227 e. The lowest BCUT2D eigenvalue weighted by atomic mass is 10.0. The normalized spacial score (nSPS) is 15.9. The average molecular weight is 427 g/mol. The first-order chi connectivity index (χ1) is 15.6. The third kappa shape index (κ3) is 3.98. The molecule has 0 spiro atoms. The molecule has 5 heteroatoms. The third-order valence-electron chi connectivity index (χ3n) is 6.13. The van der Waals surface area contributed by atoms with Crippen LogP contribution in [0.2, 0.25) is 0 Å². The maximum atomic E-state index is 13.1. The number of amides is 1. The van der Waals surface area contributed by atoms with Crippen LogP contribution in [0.3, 0.4) is 0 Å². The van der Waals surface area contributed by atoms with Gasteiger partial charge in [-0.1, -0.05) is 48.0 Å². The molecular formula is C27H26N2O3. The van der Waals surface area contributed by atoms with Crippen molar-refractivity contribution in [2.45, 2.75) is 32.2 Å². The molecular weight excluding hydrogens is 400 g/mol. The molecule has 1 fully saturated rings. The second-order valence-corrected chi connectivity index (χ2v) is 8.37. The van der Waals surface area contributed by atoms with E-state index in [1.54, 1.807) is 7.11 Å². The molecule has 1 aliphatic heterocycles. The number of aryl methyl sites for hydroxylation is 1. The van der Waals surface area contributed by atoms with Gasteiger partial charge in [-0.3, -0.25) is 4.79 Å². The van der Waals surface area contributed by atoms with Crippen LogP contribution >= 0.6 is 0 Å². The van der Waals surface area contributed by atoms with Gasteiger partial charge in [-0.05, 0) is 60.7 Å². The first-order valence-corrected chi connectivity index (χ1v) is 11.0. The lowest BCUT2D eigenvalue weighted by molar-refractivity contribution is -0.131. The van der Waals surface area contributed by atoms with Gasteiger partial charge in [0.1, 0.15) is 17.3 Å². The summed E-state index contributed by atoms with van der Waals surface area (Å²) in [6.07, 6.45) is 2.18. The van der Waals surface area contributed by atoms with Crippen molar-refractivity contribution < 1.29 is 13.9 Å². The van der Waals surface area contributed by atoms with E-state index in [-0.39, 0.29) is 11.9 Å². The summed E-state index contributed by atoms with van der Waals surface area (Å²) in [5.41, 5.74) is 6.05. The van der Waals surface area contributed by atoms with Crippen LogP contribution in [-0.4, -0.2) is 29.4 Å². The van der Waals surface area contributed by atoms with E-state index in [0.29, 0.717) is 12.3 Å². The molecule has 0 bridgehead atoms. The molecule has 0 aliphatic carbocycles. The number of carbonyl (C=O) groups is 1. The topological polar surface area (TPSA) is 55.6 Å². The second-order valence-electron chi connectivity index (χ2n) is 8.37. The summed E-state index contributed by atoms with van der Waals surface area (Å²) in [6.45, 7) is 2.82. The number of fused-ring (bicyclic) bond motifs is 1. The Morgan fingerprint density at radius 1 is 1.09 bits per heavy atom. The number of likely N-dealkylation sites (tertiary alicyclic amines) is 1. The van der Waals surface area contributed by atoms with Gasteiger partial charge in [-0.15, -0.1) is 0 Å². The van der Waals surface area contributed by atoms with Gasteiger partial charge in [0.15, 0.2) is 5.58 Å². The third-order valence-corrected chi connectivity index (χ3v) is 6.13. The Hall–Kier alpha value is -3.60. The van der Waals surface area contributed by atoms with Gasteiger partial charge in [0, 0.05) is 6.54 Å². The van der Waals surface area contributed by atoms with Crippen molar-refractivity contribution in [3.05, 3.63) is 83.7 Å². The fraction of sp³-hybridized carbons (Fsp3) is 0.259. The molecule has 1 amide bonds. The molecule has 162 valence electrons. The number of benzene rings is 3. The van der Waals surface area contributed by atoms with E-state index in [1.807, 2.05) is 35.2 Å². The summed E-state index contributed by atoms with van der Waals surface area (Å²) in [5.74, 6) is 1.51. The molecule has 2 heterocycles. The average Bonchev–Trinajstić information content (AvgIpc) is 3.46. The summed E-state index contributed by atoms with van der Waals surface area (Å²) in [5, 5.41) is 0. The molecule has 32 heavy (non-hydrogen) atoms. The van der Waals surface area contributed by atoms with Crippen molar-refractivity contribution >= 4 is 17.0 Å². The molecule has 0 unspecified atom stereocenters. The number of oxazole rings is 1. The molecule has 0 N–H and O–H groups in total. The summed E-state index contributed by atoms with van der Waals surface area (Å²) < 4.78 is 11.3. The van der Waals surface area contributed by atoms with Crippen LogP contribution in [0.4, 0.5) is 0 Å². The molecule has 4 aromatic rings. The highest BCUT2D eigenvalue weighted by Crippen LogP contribution is 2.35. The van der Waals surface area contributed by atoms with Gasteiger partial charge in [0.2, 0.25) is 11.8 Å². The van der Waals surface area contributed by atoms with Crippen LogP contribution in [0.15, 0.2) is 71.1 Å². The largest absolute Gasteiger partial charge is 0.497 e. The molecule has 1 atom stereocenters. The SMILES string of the molecule is COc1ccc(CC(=O)N2CCC[C@@H]2c2nc3cc(-c4cccc(C)c4)ccc3o2)cc1. The van der Waals surface area contributed by atoms with Gasteiger partial charge in [0.05, 0.1) is 13.5 Å². The Bertz CT molecular complexity index is 1260. The first-order valence-electron chi connectivity index (χ1n) is 11.0. The number of aromatic nitrogens is 1. The zero-order valence-corrected chi connectivity index (χ0v) is 18.4. The van der Waals surface area contributed by atoms with Crippen LogP contribution in [0.5, 0.6) is 5.75 Å². The maximum absolute atomic E-state index is 13.1. The van der Waals surface area contributed by atoms with Crippen LogP contribution in [0.1, 0.15) is 35.9 Å². The number of rotatable bonds is 5. The molecule has 5 rings (SSSR count). The predicted molar refractivity (Wildman–Crippen MR) is 125 cm³/mol. The quantitative estimate of drug-likeness (QED) is 0.410. The van der Waals surface area contributed by atoms with Crippen LogP contribution < -0.4 is 4.74 Å². The molecule has 1 aromatic heterocycles. The highest BCUT2D eigenvalue weighted by Gasteiger charge is 2.33. The van der Waals surface area contributed by atoms with E-state index in [9.17, 15) is 4.79 Å². The second kappa shape index (κ2) is 8.50. The highest BCUT2D eigenvalue weighted by molar-refractivity contribution is 5.81. The number of carbonyl (C=O) groups excluding carboxylic acids is 1. The molecule has 0 saturated carbocycles. The van der Waals surface area contributed by atoms with Gasteiger partial charge in [-0.25, -0.2) is 4.98 Å². The zero-order chi connectivity index (χ0) is 22.1. The summed E-state index contributed by atoms with van der Waals surface area (Å²) >= 11 is 0. The van der Waals surface area contributed by atoms with Gasteiger partial charge >= 0.3 is 0 Å². The minimum Gasteiger partial charge on any atom is -0.497 e. The highest BCUT2D eigenvalue weighted by atomic mass is 16.5. The number of ether oxygens (including phenoxy) is 1. The molecule has 1 aliphatic rings. The van der Waals surface area contributed by atoms with Crippen LogP contribution in [-0.2, 0) is 11.2 Å². The zero-order valence-electron chi connectivity index (χ0n) is 18.4. The Balaban J connectivity index is 1.37. The minimum atomic E-state index is -0.115. The first kappa shape index (κ1) is 20.3. The lowest BCUT2D eigenvalue weighted by Crippen LogP contribution is -2.32. The van der Waals surface area contributed by atoms with Gasteiger partial charge in [-0.2, -0.15) is 0 Å². The fourth-order valence-electron chi connectivity index (χ4n) is 4.43. The number of hydrogen-bond donors (Lipinski definition) is 0. The number of methoxy groups -OCH3 is 1. The van der Waals surface area contributed by atoms with Crippen molar-refractivity contribution in [2.75, 3.05) is 13.7 Å². The smallest absolute Gasteiger partial charge is 0.227 e. The standard InChI is InChI=1S/C27H26N2O3/c1-18-5-3-6-20(15-18)21-10-13-25-23(17-21)28-27(32-25)24-7-4-14-29(24)26(30)16-19-8-11-22(31-2)12-9-19/h3,5-6,8-13,15,17,24H,4,7,14,16H2,1-2H3/t24-/m1/s1. The van der Waals surface area contributed by atoms with Crippen molar-refractivity contribution in [1.82, 2.24) is 9.88 Å². The minimum absolute atomic E-state index is 0.0976. The lowest BCUT2D eigenvalue weighted by Gasteiger charge is -2.22. The molecule has 3 aromatic carbocycles. The van der Waals surface area contributed by atoms with E-state index in [4.69, 9.17) is 14.1 Å². The number of hydrogen-bond acceptors (Lipinski definition) is 4. The van der Waals surface area contributed by atoms with E-state index in [1.165, 1.54) is 5.56 Å². The van der Waals surface area contributed by atoms with E-state index in [2.05, 4.69) is 43.3 Å². The Labute approximate surface area is 187 Å². The van der Waals surface area contributed by atoms with Crippen molar-refractivity contribution in [3.8, 4) is 16.9 Å². The van der Waals surface area contributed by atoms with Crippen LogP contribution in [0, 0.1) is 6.92 Å². The monoisotopic (exact) mass is 426 g/mol. The van der Waals surface area contributed by atoms with E-state index in [0.717, 1.165) is 52.9 Å². The summed E-state index contributed by atoms with van der Waals surface area (Å²) in [4.78, 5) is 19.8. The van der Waals surface area contributed by atoms with Crippen molar-refractivity contribution in [2.24, 2.45) is 0 Å². The fourth-order valence-corrected chi connectivity index (χ4v) is 4.43. The van der Waals surface area contributed by atoms with Gasteiger partial charge < -0.3 is 14.1 Å². The van der Waals surface area contributed by atoms with Crippen molar-refractivity contribution in [3.63, 3.8) is 0 Å². The molecule has 1 saturated heterocycles. The Morgan fingerprint density at radius 2 is 1.91 bits per heavy atom. The van der Waals surface area contributed by atoms with Crippen molar-refractivity contribution in [1.29, 1.82) is 0 Å². The van der Waals surface area contributed by atoms with Crippen LogP contribution in [0.25, 0.3) is 22.2 Å². The number of nitrogens with zero attached hydrogens (tertiary/aromatic N) is 2. The van der Waals surface area contributed by atoms with E-state index >= 15 is 0 Å². The Morgan fingerprint density at radius 3 is 2.69 bits per heavy atom. The summed E-state index contributed by atoms with van der Waals surface area (Å²) in [7, 11) is 1.64. The van der Waals surface area contributed by atoms with E-state index < -0.39 is 0 Å². The Kier molecular flexibility index (Phi) is 5.39. The molecule has 0 radical (unpaired) electrons.